The second kappa shape index (κ2) is 6.78. The van der Waals surface area contributed by atoms with Crippen molar-refractivity contribution in [2.45, 2.75) is 0 Å². The number of carbonyl (C=O) groups is 1. The summed E-state index contributed by atoms with van der Waals surface area (Å²) in [5, 5.41) is 21.7. The minimum absolute atomic E-state index is 0.0614. The lowest BCUT2D eigenvalue weighted by molar-refractivity contribution is 0.0697. The molecule has 3 aromatic heterocycles. The molecule has 0 aliphatic carbocycles. The molecule has 4 aromatic rings. The standard InChI is InChI=1S/C17H10F2N6O2S/c18-11-2-1-3-12(14(11)19)25-16(22-23-24-25)10-4-8(6-21-15(10)20)13-5-9(7-28-13)17(26)27/h1-7H,(H2,20,21)(H,26,27). The molecule has 1 aromatic carbocycles. The molecule has 8 nitrogen and oxygen atoms in total. The summed E-state index contributed by atoms with van der Waals surface area (Å²) in [6.45, 7) is 0. The topological polar surface area (TPSA) is 120 Å². The van der Waals surface area contributed by atoms with Crippen LogP contribution in [0.5, 0.6) is 0 Å². The van der Waals surface area contributed by atoms with E-state index in [2.05, 4.69) is 20.5 Å². The molecule has 0 unspecified atom stereocenters. The zero-order chi connectivity index (χ0) is 19.8. The van der Waals surface area contributed by atoms with Gasteiger partial charge >= 0.3 is 5.97 Å². The molecular weight excluding hydrogens is 390 g/mol. The summed E-state index contributed by atoms with van der Waals surface area (Å²) in [6.07, 6.45) is 1.48. The Balaban J connectivity index is 1.84. The number of thiophene rings is 1. The van der Waals surface area contributed by atoms with E-state index in [1.165, 1.54) is 41.1 Å². The van der Waals surface area contributed by atoms with E-state index >= 15 is 0 Å². The molecule has 0 saturated carbocycles. The Morgan fingerprint density at radius 3 is 2.82 bits per heavy atom. The van der Waals surface area contributed by atoms with Crippen LogP contribution in [0.4, 0.5) is 14.6 Å². The predicted molar refractivity (Wildman–Crippen MR) is 97.0 cm³/mol. The van der Waals surface area contributed by atoms with Crippen LogP contribution in [0.2, 0.25) is 0 Å². The van der Waals surface area contributed by atoms with Gasteiger partial charge in [-0.15, -0.1) is 16.4 Å². The van der Waals surface area contributed by atoms with E-state index in [-0.39, 0.29) is 28.5 Å². The Morgan fingerprint density at radius 1 is 1.25 bits per heavy atom. The normalized spacial score (nSPS) is 10.9. The van der Waals surface area contributed by atoms with Crippen LogP contribution in [0, 0.1) is 11.6 Å². The van der Waals surface area contributed by atoms with Crippen molar-refractivity contribution in [2.24, 2.45) is 0 Å². The Morgan fingerprint density at radius 2 is 2.07 bits per heavy atom. The lowest BCUT2D eigenvalue weighted by atomic mass is 10.1. The number of tetrazole rings is 1. The maximum absolute atomic E-state index is 14.2. The van der Waals surface area contributed by atoms with Gasteiger partial charge in [-0.05, 0) is 34.7 Å². The minimum Gasteiger partial charge on any atom is -0.478 e. The maximum atomic E-state index is 14.2. The fourth-order valence-electron chi connectivity index (χ4n) is 2.56. The van der Waals surface area contributed by atoms with Crippen molar-refractivity contribution in [3.63, 3.8) is 0 Å². The largest absolute Gasteiger partial charge is 0.478 e. The molecule has 28 heavy (non-hydrogen) atoms. The number of hydrogen-bond acceptors (Lipinski definition) is 7. The molecule has 0 fully saturated rings. The van der Waals surface area contributed by atoms with E-state index < -0.39 is 17.6 Å². The van der Waals surface area contributed by atoms with Gasteiger partial charge in [0.1, 0.15) is 11.5 Å². The van der Waals surface area contributed by atoms with Crippen LogP contribution in [0.15, 0.2) is 41.9 Å². The van der Waals surface area contributed by atoms with E-state index in [1.54, 1.807) is 6.07 Å². The average molecular weight is 400 g/mol. The van der Waals surface area contributed by atoms with Crippen molar-refractivity contribution in [1.82, 2.24) is 25.2 Å². The molecule has 4 rings (SSSR count). The van der Waals surface area contributed by atoms with E-state index in [1.807, 2.05) is 0 Å². The van der Waals surface area contributed by atoms with Crippen LogP contribution < -0.4 is 5.73 Å². The lowest BCUT2D eigenvalue weighted by Gasteiger charge is -2.09. The van der Waals surface area contributed by atoms with E-state index in [4.69, 9.17) is 10.8 Å². The Hall–Kier alpha value is -3.73. The predicted octanol–water partition coefficient (Wildman–Crippen LogP) is 3.01. The summed E-state index contributed by atoms with van der Waals surface area (Å²) >= 11 is 1.22. The number of nitrogen functional groups attached to an aromatic ring is 1. The van der Waals surface area contributed by atoms with Crippen LogP contribution in [0.3, 0.4) is 0 Å². The molecule has 140 valence electrons. The van der Waals surface area contributed by atoms with Crippen LogP contribution in [0.1, 0.15) is 10.4 Å². The highest BCUT2D eigenvalue weighted by atomic mass is 32.1. The quantitative estimate of drug-likeness (QED) is 0.540. The van der Waals surface area contributed by atoms with Gasteiger partial charge in [0.15, 0.2) is 17.5 Å². The van der Waals surface area contributed by atoms with Crippen LogP contribution in [-0.4, -0.2) is 36.3 Å². The number of aromatic nitrogens is 5. The van der Waals surface area contributed by atoms with Gasteiger partial charge in [-0.2, -0.15) is 4.68 Å². The number of carboxylic acids is 1. The van der Waals surface area contributed by atoms with Gasteiger partial charge in [-0.3, -0.25) is 0 Å². The van der Waals surface area contributed by atoms with Gasteiger partial charge < -0.3 is 10.8 Å². The van der Waals surface area contributed by atoms with Crippen molar-refractivity contribution in [3.8, 4) is 27.5 Å². The van der Waals surface area contributed by atoms with Crippen LogP contribution in [-0.2, 0) is 0 Å². The molecule has 3 heterocycles. The number of carboxylic acid groups (broad SMARTS) is 1. The first-order valence-corrected chi connectivity index (χ1v) is 8.64. The van der Waals surface area contributed by atoms with Gasteiger partial charge in [0.2, 0.25) is 0 Å². The van der Waals surface area contributed by atoms with Gasteiger partial charge in [-0.25, -0.2) is 18.6 Å². The van der Waals surface area contributed by atoms with Crippen molar-refractivity contribution in [1.29, 1.82) is 0 Å². The van der Waals surface area contributed by atoms with Gasteiger partial charge in [0.05, 0.1) is 11.1 Å². The third kappa shape index (κ3) is 2.97. The molecule has 0 atom stereocenters. The number of aromatic carboxylic acids is 1. The first kappa shape index (κ1) is 17.7. The highest BCUT2D eigenvalue weighted by Gasteiger charge is 2.20. The monoisotopic (exact) mass is 400 g/mol. The molecular formula is C17H10F2N6O2S. The van der Waals surface area contributed by atoms with Crippen molar-refractivity contribution >= 4 is 23.1 Å². The molecule has 0 aliphatic heterocycles. The Labute approximate surface area is 159 Å². The van der Waals surface area contributed by atoms with E-state index in [9.17, 15) is 13.6 Å². The van der Waals surface area contributed by atoms with Gasteiger partial charge in [0.25, 0.3) is 0 Å². The number of pyridine rings is 1. The van der Waals surface area contributed by atoms with Gasteiger partial charge in [-0.1, -0.05) is 6.07 Å². The van der Waals surface area contributed by atoms with Crippen molar-refractivity contribution in [2.75, 3.05) is 5.73 Å². The summed E-state index contributed by atoms with van der Waals surface area (Å²) in [6, 6.07) is 6.75. The summed E-state index contributed by atoms with van der Waals surface area (Å²) < 4.78 is 28.8. The Bertz CT molecular complexity index is 1210. The second-order valence-corrected chi connectivity index (χ2v) is 6.56. The number of benzene rings is 1. The van der Waals surface area contributed by atoms with E-state index in [0.717, 1.165) is 10.7 Å². The number of nitrogens with two attached hydrogens (primary N) is 1. The number of hydrogen-bond donors (Lipinski definition) is 2. The van der Waals surface area contributed by atoms with Gasteiger partial charge in [0, 0.05) is 22.0 Å². The number of halogens is 2. The first-order chi connectivity index (χ1) is 13.5. The third-order valence-corrected chi connectivity index (χ3v) is 4.90. The summed E-state index contributed by atoms with van der Waals surface area (Å²) in [5.74, 6) is -3.06. The molecule has 0 radical (unpaired) electrons. The van der Waals surface area contributed by atoms with Crippen molar-refractivity contribution < 1.29 is 18.7 Å². The second-order valence-electron chi connectivity index (χ2n) is 5.65. The van der Waals surface area contributed by atoms with Crippen molar-refractivity contribution in [3.05, 3.63) is 59.1 Å². The summed E-state index contributed by atoms with van der Waals surface area (Å²) in [4.78, 5) is 15.8. The molecule has 0 spiro atoms. The molecule has 11 heteroatoms. The number of nitrogens with zero attached hydrogens (tertiary/aromatic N) is 5. The van der Waals surface area contributed by atoms with E-state index in [0.29, 0.717) is 10.4 Å². The fraction of sp³-hybridized carbons (Fsp3) is 0. The molecule has 0 aliphatic rings. The minimum atomic E-state index is -1.11. The fourth-order valence-corrected chi connectivity index (χ4v) is 3.43. The smallest absolute Gasteiger partial charge is 0.336 e. The molecule has 0 saturated heterocycles. The maximum Gasteiger partial charge on any atom is 0.336 e. The van der Waals surface area contributed by atoms with Crippen LogP contribution in [0.25, 0.3) is 27.5 Å². The highest BCUT2D eigenvalue weighted by Crippen LogP contribution is 2.32. The van der Waals surface area contributed by atoms with Crippen LogP contribution >= 0.6 is 11.3 Å². The number of anilines is 1. The Kier molecular flexibility index (Phi) is 4.28. The molecule has 0 bridgehead atoms. The molecule has 0 amide bonds. The average Bonchev–Trinajstić information content (AvgIpc) is 3.34. The summed E-state index contributed by atoms with van der Waals surface area (Å²) in [7, 11) is 0. The lowest BCUT2D eigenvalue weighted by Crippen LogP contribution is -2.06. The zero-order valence-corrected chi connectivity index (χ0v) is 14.7. The number of rotatable bonds is 4. The SMILES string of the molecule is Nc1ncc(-c2cc(C(=O)O)cs2)cc1-c1nnnn1-c1cccc(F)c1F. The first-order valence-electron chi connectivity index (χ1n) is 7.76. The third-order valence-electron chi connectivity index (χ3n) is 3.92. The zero-order valence-electron chi connectivity index (χ0n) is 13.9. The highest BCUT2D eigenvalue weighted by molar-refractivity contribution is 7.13. The molecule has 3 N–H and O–H groups in total. The summed E-state index contributed by atoms with van der Waals surface area (Å²) in [5.41, 5.74) is 6.77.